The van der Waals surface area contributed by atoms with Crippen molar-refractivity contribution in [2.45, 2.75) is 12.5 Å². The van der Waals surface area contributed by atoms with Crippen molar-refractivity contribution in [3.63, 3.8) is 0 Å². The first-order valence-corrected chi connectivity index (χ1v) is 8.46. The molecule has 24 heavy (non-hydrogen) atoms. The molecule has 2 N–H and O–H groups in total. The van der Waals surface area contributed by atoms with Crippen molar-refractivity contribution >= 4 is 17.5 Å². The molecule has 0 aliphatic carbocycles. The molecule has 0 aromatic heterocycles. The van der Waals surface area contributed by atoms with Crippen LogP contribution in [0.4, 0.5) is 0 Å². The molecular weight excluding hydrogens is 324 g/mol. The normalized spacial score (nSPS) is 18.2. The van der Waals surface area contributed by atoms with Crippen molar-refractivity contribution in [3.05, 3.63) is 64.7 Å². The highest BCUT2D eigenvalue weighted by molar-refractivity contribution is 6.31. The lowest BCUT2D eigenvalue weighted by Gasteiger charge is -2.23. The topological polar surface area (TPSA) is 50.4 Å². The molecule has 0 radical (unpaired) electrons. The SMILES string of the molecule is COc1cccc([C@@H](NC(=O)[C@@H]2CCNC2)c2ccccc2Cl)c1. The summed E-state index contributed by atoms with van der Waals surface area (Å²) < 4.78 is 5.32. The van der Waals surface area contributed by atoms with Crippen LogP contribution in [0, 0.1) is 5.92 Å². The molecule has 2 atom stereocenters. The van der Waals surface area contributed by atoms with E-state index < -0.39 is 0 Å². The molecule has 0 bridgehead atoms. The predicted octanol–water partition coefficient (Wildman–Crippen LogP) is 3.16. The fourth-order valence-electron chi connectivity index (χ4n) is 3.01. The first-order chi connectivity index (χ1) is 11.7. The van der Waals surface area contributed by atoms with E-state index in [0.29, 0.717) is 5.02 Å². The van der Waals surface area contributed by atoms with Gasteiger partial charge >= 0.3 is 0 Å². The Morgan fingerprint density at radius 1 is 1.29 bits per heavy atom. The molecule has 0 spiro atoms. The number of ether oxygens (including phenoxy) is 1. The number of amides is 1. The summed E-state index contributed by atoms with van der Waals surface area (Å²) in [6.07, 6.45) is 0.860. The minimum absolute atomic E-state index is 0.000551. The molecule has 1 amide bonds. The maximum absolute atomic E-state index is 12.6. The highest BCUT2D eigenvalue weighted by Gasteiger charge is 2.26. The van der Waals surface area contributed by atoms with Gasteiger partial charge in [0.25, 0.3) is 0 Å². The van der Waals surface area contributed by atoms with Gasteiger partial charge in [-0.2, -0.15) is 0 Å². The van der Waals surface area contributed by atoms with Crippen molar-refractivity contribution in [1.82, 2.24) is 10.6 Å². The largest absolute Gasteiger partial charge is 0.497 e. The van der Waals surface area contributed by atoms with Crippen molar-refractivity contribution in [2.75, 3.05) is 20.2 Å². The molecule has 4 nitrogen and oxygen atoms in total. The first-order valence-electron chi connectivity index (χ1n) is 8.08. The highest BCUT2D eigenvalue weighted by Crippen LogP contribution is 2.30. The van der Waals surface area contributed by atoms with Crippen LogP contribution in [0.5, 0.6) is 5.75 Å². The van der Waals surface area contributed by atoms with Crippen molar-refractivity contribution in [2.24, 2.45) is 5.92 Å². The Balaban J connectivity index is 1.94. The van der Waals surface area contributed by atoms with Gasteiger partial charge < -0.3 is 15.4 Å². The second kappa shape index (κ2) is 7.69. The van der Waals surface area contributed by atoms with E-state index in [1.54, 1.807) is 7.11 Å². The summed E-state index contributed by atoms with van der Waals surface area (Å²) in [4.78, 5) is 12.6. The van der Waals surface area contributed by atoms with E-state index in [-0.39, 0.29) is 17.9 Å². The molecule has 1 heterocycles. The standard InChI is InChI=1S/C19H21ClN2O2/c1-24-15-6-4-5-13(11-15)18(16-7-2-3-8-17(16)20)22-19(23)14-9-10-21-12-14/h2-8,11,14,18,21H,9-10,12H2,1H3,(H,22,23)/t14-,18-/m1/s1. The van der Waals surface area contributed by atoms with Gasteiger partial charge in [0.15, 0.2) is 0 Å². The van der Waals surface area contributed by atoms with E-state index in [0.717, 1.165) is 36.4 Å². The number of methoxy groups -OCH3 is 1. The number of hydrogen-bond acceptors (Lipinski definition) is 3. The third-order valence-corrected chi connectivity index (χ3v) is 4.71. The van der Waals surface area contributed by atoms with Crippen LogP contribution >= 0.6 is 11.6 Å². The number of rotatable bonds is 5. The van der Waals surface area contributed by atoms with E-state index >= 15 is 0 Å². The molecule has 3 rings (SSSR count). The average molecular weight is 345 g/mol. The smallest absolute Gasteiger partial charge is 0.225 e. The molecule has 126 valence electrons. The summed E-state index contributed by atoms with van der Waals surface area (Å²) in [5.41, 5.74) is 1.83. The number of carbonyl (C=O) groups excluding carboxylic acids is 1. The molecule has 2 aromatic rings. The second-order valence-electron chi connectivity index (χ2n) is 5.93. The third-order valence-electron chi connectivity index (χ3n) is 4.36. The summed E-state index contributed by atoms with van der Waals surface area (Å²) in [6.45, 7) is 1.60. The maximum Gasteiger partial charge on any atom is 0.225 e. The van der Waals surface area contributed by atoms with Gasteiger partial charge in [-0.15, -0.1) is 0 Å². The number of benzene rings is 2. The van der Waals surface area contributed by atoms with Gasteiger partial charge in [0.2, 0.25) is 5.91 Å². The molecule has 1 fully saturated rings. The highest BCUT2D eigenvalue weighted by atomic mass is 35.5. The zero-order valence-corrected chi connectivity index (χ0v) is 14.3. The van der Waals surface area contributed by atoms with Crippen LogP contribution in [0.15, 0.2) is 48.5 Å². The fourth-order valence-corrected chi connectivity index (χ4v) is 3.25. The van der Waals surface area contributed by atoms with E-state index in [1.165, 1.54) is 0 Å². The summed E-state index contributed by atoms with van der Waals surface area (Å²) in [6, 6.07) is 15.0. The van der Waals surface area contributed by atoms with Gasteiger partial charge in [0, 0.05) is 11.6 Å². The summed E-state index contributed by atoms with van der Waals surface area (Å²) in [7, 11) is 1.63. The Kier molecular flexibility index (Phi) is 5.38. The zero-order chi connectivity index (χ0) is 16.9. The first kappa shape index (κ1) is 16.8. The predicted molar refractivity (Wildman–Crippen MR) is 95.4 cm³/mol. The van der Waals surface area contributed by atoms with Crippen LogP contribution in [-0.4, -0.2) is 26.1 Å². The molecule has 1 aliphatic rings. The van der Waals surface area contributed by atoms with Crippen molar-refractivity contribution < 1.29 is 9.53 Å². The Labute approximate surface area is 147 Å². The maximum atomic E-state index is 12.6. The minimum atomic E-state index is -0.304. The van der Waals surface area contributed by atoms with E-state index in [9.17, 15) is 4.79 Å². The number of carbonyl (C=O) groups is 1. The number of hydrogen-bond donors (Lipinski definition) is 2. The molecule has 1 aliphatic heterocycles. The molecule has 2 aromatic carbocycles. The summed E-state index contributed by atoms with van der Waals surface area (Å²) in [5, 5.41) is 7.03. The fraction of sp³-hybridized carbons (Fsp3) is 0.316. The molecular formula is C19H21ClN2O2. The Morgan fingerprint density at radius 3 is 2.83 bits per heavy atom. The molecule has 0 unspecified atom stereocenters. The van der Waals surface area contributed by atoms with Gasteiger partial charge in [0.05, 0.1) is 19.1 Å². The molecule has 1 saturated heterocycles. The Hall–Kier alpha value is -2.04. The Morgan fingerprint density at radius 2 is 2.12 bits per heavy atom. The van der Waals surface area contributed by atoms with Crippen molar-refractivity contribution in [3.8, 4) is 5.75 Å². The van der Waals surface area contributed by atoms with Crippen LogP contribution in [0.1, 0.15) is 23.6 Å². The van der Waals surface area contributed by atoms with Crippen LogP contribution in [0.25, 0.3) is 0 Å². The lowest BCUT2D eigenvalue weighted by Crippen LogP contribution is -2.35. The summed E-state index contributed by atoms with van der Waals surface area (Å²) >= 11 is 6.39. The zero-order valence-electron chi connectivity index (χ0n) is 13.6. The van der Waals surface area contributed by atoms with Gasteiger partial charge in [-0.1, -0.05) is 41.9 Å². The Bertz CT molecular complexity index is 714. The van der Waals surface area contributed by atoms with Gasteiger partial charge in [-0.25, -0.2) is 0 Å². The quantitative estimate of drug-likeness (QED) is 0.876. The van der Waals surface area contributed by atoms with E-state index in [1.807, 2.05) is 48.5 Å². The monoisotopic (exact) mass is 344 g/mol. The van der Waals surface area contributed by atoms with Gasteiger partial charge in [-0.3, -0.25) is 4.79 Å². The third kappa shape index (κ3) is 3.71. The van der Waals surface area contributed by atoms with Crippen LogP contribution < -0.4 is 15.4 Å². The van der Waals surface area contributed by atoms with Crippen LogP contribution in [0.2, 0.25) is 5.02 Å². The van der Waals surface area contributed by atoms with Crippen LogP contribution in [-0.2, 0) is 4.79 Å². The number of nitrogens with one attached hydrogen (secondary N) is 2. The van der Waals surface area contributed by atoms with Crippen LogP contribution in [0.3, 0.4) is 0 Å². The molecule has 0 saturated carbocycles. The van der Waals surface area contributed by atoms with Gasteiger partial charge in [0.1, 0.15) is 5.75 Å². The number of halogens is 1. The van der Waals surface area contributed by atoms with E-state index in [4.69, 9.17) is 16.3 Å². The second-order valence-corrected chi connectivity index (χ2v) is 6.34. The van der Waals surface area contributed by atoms with Crippen molar-refractivity contribution in [1.29, 1.82) is 0 Å². The molecule has 5 heteroatoms. The lowest BCUT2D eigenvalue weighted by molar-refractivity contribution is -0.124. The minimum Gasteiger partial charge on any atom is -0.497 e. The lowest BCUT2D eigenvalue weighted by atomic mass is 9.97. The summed E-state index contributed by atoms with van der Waals surface area (Å²) in [5.74, 6) is 0.801. The average Bonchev–Trinajstić information content (AvgIpc) is 3.15. The van der Waals surface area contributed by atoms with Gasteiger partial charge in [-0.05, 0) is 42.3 Å². The van der Waals surface area contributed by atoms with E-state index in [2.05, 4.69) is 10.6 Å².